The molecule has 3 heterocycles. The summed E-state index contributed by atoms with van der Waals surface area (Å²) >= 11 is 1.70. The zero-order valence-electron chi connectivity index (χ0n) is 15.8. The molecule has 4 rings (SSSR count). The Kier molecular flexibility index (Phi) is 5.85. The Balaban J connectivity index is 1.30. The number of carbonyl (C=O) groups is 1. The van der Waals surface area contributed by atoms with Crippen molar-refractivity contribution in [3.05, 3.63) is 65.1 Å². The minimum atomic E-state index is -0.420. The van der Waals surface area contributed by atoms with Crippen LogP contribution >= 0.6 is 11.3 Å². The number of furan rings is 1. The highest BCUT2D eigenvalue weighted by Gasteiger charge is 2.22. The molecule has 1 fully saturated rings. The monoisotopic (exact) mass is 397 g/mol. The van der Waals surface area contributed by atoms with Crippen LogP contribution in [0.5, 0.6) is 0 Å². The average Bonchev–Trinajstić information content (AvgIpc) is 3.39. The van der Waals surface area contributed by atoms with Gasteiger partial charge in [-0.15, -0.1) is 11.3 Å². The second kappa shape index (κ2) is 8.68. The van der Waals surface area contributed by atoms with Crippen LogP contribution in [0.4, 0.5) is 0 Å². The molecule has 0 saturated carbocycles. The second-order valence-corrected chi connectivity index (χ2v) is 7.69. The fourth-order valence-electron chi connectivity index (χ4n) is 3.40. The molecule has 0 unspecified atom stereocenters. The van der Waals surface area contributed by atoms with Crippen LogP contribution in [-0.2, 0) is 17.8 Å². The van der Waals surface area contributed by atoms with Crippen LogP contribution in [0.15, 0.2) is 52.5 Å². The minimum absolute atomic E-state index is 0.306. The fraction of sp³-hybridized carbons (Fsp3) is 0.333. The van der Waals surface area contributed by atoms with Crippen molar-refractivity contribution >= 4 is 17.3 Å². The molecule has 1 aliphatic heterocycles. The summed E-state index contributed by atoms with van der Waals surface area (Å²) in [4.78, 5) is 21.3. The van der Waals surface area contributed by atoms with Gasteiger partial charge in [-0.3, -0.25) is 9.80 Å². The molecular weight excluding hydrogens is 374 g/mol. The lowest BCUT2D eigenvalue weighted by Crippen LogP contribution is -2.45. The highest BCUT2D eigenvalue weighted by atomic mass is 32.1. The summed E-state index contributed by atoms with van der Waals surface area (Å²) in [6.07, 6.45) is 1.55. The molecular formula is C21H23N3O3S. The van der Waals surface area contributed by atoms with Gasteiger partial charge in [0, 0.05) is 55.8 Å². The number of nitrogens with zero attached hydrogens (tertiary/aromatic N) is 3. The third kappa shape index (κ3) is 4.32. The summed E-state index contributed by atoms with van der Waals surface area (Å²) in [5, 5.41) is 3.23. The maximum absolute atomic E-state index is 11.7. The summed E-state index contributed by atoms with van der Waals surface area (Å²) in [6.45, 7) is 5.41. The Labute approximate surface area is 168 Å². The predicted molar refractivity (Wildman–Crippen MR) is 108 cm³/mol. The largest absolute Gasteiger partial charge is 0.463 e. The standard InChI is InChI=1S/C21H23N3O3S/c1-26-21(25)19-17(7-12-27-19)13-23-8-10-24(11-9-23)14-18-15-28-20(22-18)16-5-3-2-4-6-16/h2-7,12,15H,8-11,13-14H2,1H3. The number of benzene rings is 1. The Morgan fingerprint density at radius 2 is 1.82 bits per heavy atom. The summed E-state index contributed by atoms with van der Waals surface area (Å²) < 4.78 is 10.1. The fourth-order valence-corrected chi connectivity index (χ4v) is 4.22. The van der Waals surface area contributed by atoms with Gasteiger partial charge < -0.3 is 9.15 Å². The lowest BCUT2D eigenvalue weighted by atomic mass is 10.2. The Morgan fingerprint density at radius 1 is 1.11 bits per heavy atom. The van der Waals surface area contributed by atoms with E-state index in [1.165, 1.54) is 12.7 Å². The maximum Gasteiger partial charge on any atom is 0.374 e. The van der Waals surface area contributed by atoms with E-state index in [0.29, 0.717) is 12.3 Å². The van der Waals surface area contributed by atoms with E-state index < -0.39 is 5.97 Å². The number of piperazine rings is 1. The quantitative estimate of drug-likeness (QED) is 0.594. The lowest BCUT2D eigenvalue weighted by molar-refractivity contribution is 0.0559. The third-order valence-electron chi connectivity index (χ3n) is 4.93. The second-order valence-electron chi connectivity index (χ2n) is 6.83. The van der Waals surface area contributed by atoms with E-state index in [0.717, 1.165) is 49.0 Å². The lowest BCUT2D eigenvalue weighted by Gasteiger charge is -2.34. The highest BCUT2D eigenvalue weighted by molar-refractivity contribution is 7.13. The molecule has 0 amide bonds. The van der Waals surface area contributed by atoms with Crippen molar-refractivity contribution in [2.75, 3.05) is 33.3 Å². The Bertz CT molecular complexity index is 914. The van der Waals surface area contributed by atoms with Crippen molar-refractivity contribution in [2.45, 2.75) is 13.1 Å². The number of methoxy groups -OCH3 is 1. The van der Waals surface area contributed by atoms with Crippen molar-refractivity contribution in [3.8, 4) is 10.6 Å². The molecule has 1 aromatic carbocycles. The number of aromatic nitrogens is 1. The van der Waals surface area contributed by atoms with E-state index in [1.54, 1.807) is 17.6 Å². The van der Waals surface area contributed by atoms with E-state index in [9.17, 15) is 4.79 Å². The summed E-state index contributed by atoms with van der Waals surface area (Å²) in [7, 11) is 1.37. The molecule has 1 aliphatic rings. The van der Waals surface area contributed by atoms with Crippen molar-refractivity contribution in [3.63, 3.8) is 0 Å². The van der Waals surface area contributed by atoms with Crippen molar-refractivity contribution < 1.29 is 13.9 Å². The van der Waals surface area contributed by atoms with Crippen molar-refractivity contribution in [1.82, 2.24) is 14.8 Å². The van der Waals surface area contributed by atoms with Crippen LogP contribution in [0.3, 0.4) is 0 Å². The molecule has 146 valence electrons. The van der Waals surface area contributed by atoms with Crippen molar-refractivity contribution in [1.29, 1.82) is 0 Å². The van der Waals surface area contributed by atoms with Gasteiger partial charge in [0.15, 0.2) is 0 Å². The van der Waals surface area contributed by atoms with E-state index >= 15 is 0 Å². The molecule has 0 N–H and O–H groups in total. The number of rotatable bonds is 6. The number of thiazole rings is 1. The minimum Gasteiger partial charge on any atom is -0.463 e. The first-order valence-corrected chi connectivity index (χ1v) is 10.2. The molecule has 0 spiro atoms. The number of hydrogen-bond acceptors (Lipinski definition) is 7. The van der Waals surface area contributed by atoms with Crippen LogP contribution in [0.1, 0.15) is 21.8 Å². The van der Waals surface area contributed by atoms with Gasteiger partial charge >= 0.3 is 5.97 Å². The predicted octanol–water partition coefficient (Wildman–Crippen LogP) is 3.51. The molecule has 3 aromatic rings. The van der Waals surface area contributed by atoms with Gasteiger partial charge in [0.1, 0.15) is 5.01 Å². The van der Waals surface area contributed by atoms with Crippen molar-refractivity contribution in [2.24, 2.45) is 0 Å². The normalized spacial score (nSPS) is 15.6. The zero-order chi connectivity index (χ0) is 19.3. The summed E-state index contributed by atoms with van der Waals surface area (Å²) in [5.74, 6) is -0.114. The Hall–Kier alpha value is -2.48. The molecule has 28 heavy (non-hydrogen) atoms. The van der Waals surface area contributed by atoms with Crippen LogP contribution in [0.25, 0.3) is 10.6 Å². The first-order valence-electron chi connectivity index (χ1n) is 9.32. The summed E-state index contributed by atoms with van der Waals surface area (Å²) in [5.41, 5.74) is 3.18. The third-order valence-corrected chi connectivity index (χ3v) is 5.87. The summed E-state index contributed by atoms with van der Waals surface area (Å²) in [6, 6.07) is 12.1. The first kappa shape index (κ1) is 18.9. The van der Waals surface area contributed by atoms with Gasteiger partial charge in [-0.2, -0.15) is 0 Å². The van der Waals surface area contributed by atoms with E-state index in [4.69, 9.17) is 14.1 Å². The van der Waals surface area contributed by atoms with E-state index in [2.05, 4.69) is 27.3 Å². The van der Waals surface area contributed by atoms with E-state index in [-0.39, 0.29) is 0 Å². The number of ether oxygens (including phenoxy) is 1. The molecule has 0 radical (unpaired) electrons. The molecule has 2 aromatic heterocycles. The van der Waals surface area contributed by atoms with Gasteiger partial charge in [-0.1, -0.05) is 30.3 Å². The SMILES string of the molecule is COC(=O)c1occc1CN1CCN(Cc2csc(-c3ccccc3)n2)CC1. The molecule has 1 saturated heterocycles. The average molecular weight is 398 g/mol. The number of carbonyl (C=O) groups excluding carboxylic acids is 1. The van der Waals surface area contributed by atoms with Crippen LogP contribution in [0.2, 0.25) is 0 Å². The zero-order valence-corrected chi connectivity index (χ0v) is 16.7. The van der Waals surface area contributed by atoms with E-state index in [1.807, 2.05) is 24.3 Å². The van der Waals surface area contributed by atoms with Gasteiger partial charge in [-0.25, -0.2) is 9.78 Å². The highest BCUT2D eigenvalue weighted by Crippen LogP contribution is 2.24. The smallest absolute Gasteiger partial charge is 0.374 e. The van der Waals surface area contributed by atoms with Gasteiger partial charge in [0.25, 0.3) is 0 Å². The molecule has 6 nitrogen and oxygen atoms in total. The van der Waals surface area contributed by atoms with Crippen LogP contribution in [0, 0.1) is 0 Å². The Morgan fingerprint density at radius 3 is 2.54 bits per heavy atom. The molecule has 0 atom stereocenters. The molecule has 0 aliphatic carbocycles. The first-order chi connectivity index (χ1) is 13.7. The number of esters is 1. The van der Waals surface area contributed by atoms with Gasteiger partial charge in [-0.05, 0) is 6.07 Å². The van der Waals surface area contributed by atoms with Crippen LogP contribution in [-0.4, -0.2) is 54.0 Å². The number of hydrogen-bond donors (Lipinski definition) is 0. The van der Waals surface area contributed by atoms with Crippen LogP contribution < -0.4 is 0 Å². The van der Waals surface area contributed by atoms with Gasteiger partial charge in [0.2, 0.25) is 5.76 Å². The maximum atomic E-state index is 11.7. The molecule has 0 bridgehead atoms. The molecule has 7 heteroatoms. The topological polar surface area (TPSA) is 58.8 Å². The van der Waals surface area contributed by atoms with Gasteiger partial charge in [0.05, 0.1) is 19.1 Å².